The van der Waals surface area contributed by atoms with Gasteiger partial charge in [0.15, 0.2) is 6.10 Å². The standard InChI is InChI=1S/C23H28N2O6S/c1-16(22(26)24-18-8-4-5-9-18)31-23(27)17-12-14-19(15-13-17)32(28,29)25(2)20-10-6-7-11-21(20)30-3/h6-7,10-16,18H,4-5,8-9H2,1-3H3,(H,24,26). The van der Waals surface area contributed by atoms with Crippen molar-refractivity contribution in [2.24, 2.45) is 0 Å². The normalized spacial score (nSPS) is 15.1. The Bertz CT molecular complexity index is 1060. The third-order valence-corrected chi connectivity index (χ3v) is 7.31. The second kappa shape index (κ2) is 10.0. The lowest BCUT2D eigenvalue weighted by atomic mass is 10.2. The molecule has 1 fully saturated rings. The fraction of sp³-hybridized carbons (Fsp3) is 0.391. The van der Waals surface area contributed by atoms with Gasteiger partial charge in [-0.25, -0.2) is 13.2 Å². The first kappa shape index (κ1) is 23.6. The van der Waals surface area contributed by atoms with E-state index in [4.69, 9.17) is 9.47 Å². The first-order valence-electron chi connectivity index (χ1n) is 10.5. The maximum absolute atomic E-state index is 13.0. The average Bonchev–Trinajstić information content (AvgIpc) is 3.31. The molecule has 1 unspecified atom stereocenters. The van der Waals surface area contributed by atoms with Crippen molar-refractivity contribution in [3.8, 4) is 5.75 Å². The highest BCUT2D eigenvalue weighted by molar-refractivity contribution is 7.92. The van der Waals surface area contributed by atoms with Crippen LogP contribution in [0.2, 0.25) is 0 Å². The van der Waals surface area contributed by atoms with Gasteiger partial charge in [-0.15, -0.1) is 0 Å². The number of carbonyl (C=O) groups is 2. The van der Waals surface area contributed by atoms with E-state index in [-0.39, 0.29) is 22.4 Å². The van der Waals surface area contributed by atoms with Crippen molar-refractivity contribution >= 4 is 27.6 Å². The van der Waals surface area contributed by atoms with Gasteiger partial charge in [-0.1, -0.05) is 25.0 Å². The van der Waals surface area contributed by atoms with Gasteiger partial charge in [0.2, 0.25) is 0 Å². The molecule has 3 rings (SSSR count). The van der Waals surface area contributed by atoms with Crippen LogP contribution in [-0.4, -0.2) is 46.6 Å². The number of nitrogens with zero attached hydrogens (tertiary/aromatic N) is 1. The van der Waals surface area contributed by atoms with Gasteiger partial charge in [-0.05, 0) is 56.2 Å². The lowest BCUT2D eigenvalue weighted by Crippen LogP contribution is -2.40. The molecule has 0 aliphatic heterocycles. The zero-order chi connectivity index (χ0) is 23.3. The molecule has 0 saturated heterocycles. The Morgan fingerprint density at radius 3 is 2.31 bits per heavy atom. The lowest BCUT2D eigenvalue weighted by Gasteiger charge is -2.21. The Hall–Kier alpha value is -3.07. The summed E-state index contributed by atoms with van der Waals surface area (Å²) >= 11 is 0. The molecule has 1 atom stereocenters. The Morgan fingerprint density at radius 2 is 1.69 bits per heavy atom. The monoisotopic (exact) mass is 460 g/mol. The van der Waals surface area contributed by atoms with Gasteiger partial charge < -0.3 is 14.8 Å². The van der Waals surface area contributed by atoms with Crippen molar-refractivity contribution in [3.05, 3.63) is 54.1 Å². The Kier molecular flexibility index (Phi) is 7.40. The molecule has 9 heteroatoms. The van der Waals surface area contributed by atoms with E-state index < -0.39 is 22.1 Å². The van der Waals surface area contributed by atoms with E-state index in [1.54, 1.807) is 24.3 Å². The van der Waals surface area contributed by atoms with Crippen molar-refractivity contribution in [2.75, 3.05) is 18.5 Å². The number of esters is 1. The number of para-hydroxylation sites is 2. The van der Waals surface area contributed by atoms with Crippen LogP contribution in [0.1, 0.15) is 43.0 Å². The van der Waals surface area contributed by atoms with Crippen molar-refractivity contribution < 1.29 is 27.5 Å². The Labute approximate surface area is 188 Å². The van der Waals surface area contributed by atoms with Crippen LogP contribution in [0.3, 0.4) is 0 Å². The number of benzene rings is 2. The van der Waals surface area contributed by atoms with E-state index in [2.05, 4.69) is 5.32 Å². The predicted octanol–water partition coefficient (Wildman–Crippen LogP) is 3.12. The molecule has 0 spiro atoms. The largest absolute Gasteiger partial charge is 0.495 e. The molecule has 8 nitrogen and oxygen atoms in total. The molecule has 1 saturated carbocycles. The molecule has 32 heavy (non-hydrogen) atoms. The van der Waals surface area contributed by atoms with E-state index in [9.17, 15) is 18.0 Å². The second-order valence-electron chi connectivity index (χ2n) is 7.71. The van der Waals surface area contributed by atoms with E-state index >= 15 is 0 Å². The van der Waals surface area contributed by atoms with Gasteiger partial charge in [-0.3, -0.25) is 9.10 Å². The summed E-state index contributed by atoms with van der Waals surface area (Å²) in [6.45, 7) is 1.52. The van der Waals surface area contributed by atoms with E-state index in [0.29, 0.717) is 11.4 Å². The zero-order valence-corrected chi connectivity index (χ0v) is 19.2. The molecule has 172 valence electrons. The fourth-order valence-electron chi connectivity index (χ4n) is 3.61. The second-order valence-corrected chi connectivity index (χ2v) is 9.68. The summed E-state index contributed by atoms with van der Waals surface area (Å²) in [5.41, 5.74) is 0.546. The third-order valence-electron chi connectivity index (χ3n) is 5.53. The first-order chi connectivity index (χ1) is 15.2. The highest BCUT2D eigenvalue weighted by Crippen LogP contribution is 2.31. The fourth-order valence-corrected chi connectivity index (χ4v) is 4.82. The number of anilines is 1. The van der Waals surface area contributed by atoms with Crippen LogP contribution in [0.25, 0.3) is 0 Å². The number of amides is 1. The topological polar surface area (TPSA) is 102 Å². The summed E-state index contributed by atoms with van der Waals surface area (Å²) in [6, 6.07) is 12.3. The number of rotatable bonds is 8. The first-order valence-corrected chi connectivity index (χ1v) is 11.9. The molecule has 2 aromatic rings. The smallest absolute Gasteiger partial charge is 0.338 e. The third kappa shape index (κ3) is 5.21. The van der Waals surface area contributed by atoms with Crippen LogP contribution >= 0.6 is 0 Å². The summed E-state index contributed by atoms with van der Waals surface area (Å²) < 4.78 is 37.6. The summed E-state index contributed by atoms with van der Waals surface area (Å²) in [7, 11) is -0.982. The van der Waals surface area contributed by atoms with E-state index in [1.165, 1.54) is 45.3 Å². The Balaban J connectivity index is 1.68. The quantitative estimate of drug-likeness (QED) is 0.608. The number of hydrogen-bond acceptors (Lipinski definition) is 6. The average molecular weight is 461 g/mol. The molecule has 0 bridgehead atoms. The molecule has 1 N–H and O–H groups in total. The van der Waals surface area contributed by atoms with Crippen LogP contribution in [0.4, 0.5) is 5.69 Å². The molecular formula is C23H28N2O6S. The maximum Gasteiger partial charge on any atom is 0.338 e. The van der Waals surface area contributed by atoms with Gasteiger partial charge in [0, 0.05) is 13.1 Å². The molecule has 0 aromatic heterocycles. The van der Waals surface area contributed by atoms with Gasteiger partial charge in [0.1, 0.15) is 5.75 Å². The number of hydrogen-bond donors (Lipinski definition) is 1. The van der Waals surface area contributed by atoms with Gasteiger partial charge >= 0.3 is 5.97 Å². The number of carbonyl (C=O) groups excluding carboxylic acids is 2. The van der Waals surface area contributed by atoms with E-state index in [0.717, 1.165) is 30.0 Å². The highest BCUT2D eigenvalue weighted by atomic mass is 32.2. The maximum atomic E-state index is 13.0. The molecule has 0 heterocycles. The van der Waals surface area contributed by atoms with Crippen molar-refractivity contribution in [1.82, 2.24) is 5.32 Å². The minimum Gasteiger partial charge on any atom is -0.495 e. The van der Waals surface area contributed by atoms with Crippen LogP contribution in [0.5, 0.6) is 5.75 Å². The summed E-state index contributed by atoms with van der Waals surface area (Å²) in [5.74, 6) is -0.604. The highest BCUT2D eigenvalue weighted by Gasteiger charge is 2.26. The van der Waals surface area contributed by atoms with Crippen LogP contribution in [0, 0.1) is 0 Å². The van der Waals surface area contributed by atoms with Crippen LogP contribution in [-0.2, 0) is 19.6 Å². The van der Waals surface area contributed by atoms with Crippen molar-refractivity contribution in [3.63, 3.8) is 0 Å². The number of sulfonamides is 1. The molecule has 2 aromatic carbocycles. The summed E-state index contributed by atoms with van der Waals surface area (Å²) in [4.78, 5) is 24.7. The SMILES string of the molecule is COc1ccccc1N(C)S(=O)(=O)c1ccc(C(=O)OC(C)C(=O)NC2CCCC2)cc1. The summed E-state index contributed by atoms with van der Waals surface area (Å²) in [5, 5.41) is 2.89. The molecule has 1 amide bonds. The van der Waals surface area contributed by atoms with Gasteiger partial charge in [0.05, 0.1) is 23.3 Å². The molecular weight excluding hydrogens is 432 g/mol. The number of methoxy groups -OCH3 is 1. The Morgan fingerprint density at radius 1 is 1.06 bits per heavy atom. The zero-order valence-electron chi connectivity index (χ0n) is 18.4. The lowest BCUT2D eigenvalue weighted by molar-refractivity contribution is -0.129. The van der Waals surface area contributed by atoms with Crippen LogP contribution < -0.4 is 14.4 Å². The summed E-state index contributed by atoms with van der Waals surface area (Å²) in [6.07, 6.45) is 3.10. The number of ether oxygens (including phenoxy) is 2. The minimum atomic E-state index is -3.88. The number of nitrogens with one attached hydrogen (secondary N) is 1. The molecule has 1 aliphatic rings. The van der Waals surface area contributed by atoms with Gasteiger partial charge in [0.25, 0.3) is 15.9 Å². The van der Waals surface area contributed by atoms with Crippen LogP contribution in [0.15, 0.2) is 53.4 Å². The van der Waals surface area contributed by atoms with Crippen molar-refractivity contribution in [1.29, 1.82) is 0 Å². The van der Waals surface area contributed by atoms with E-state index in [1.807, 2.05) is 0 Å². The predicted molar refractivity (Wildman–Crippen MR) is 120 cm³/mol. The minimum absolute atomic E-state index is 0.00878. The van der Waals surface area contributed by atoms with Crippen molar-refractivity contribution in [2.45, 2.75) is 49.6 Å². The molecule has 1 aliphatic carbocycles. The van der Waals surface area contributed by atoms with Gasteiger partial charge in [-0.2, -0.15) is 0 Å². The molecule has 0 radical (unpaired) electrons.